The van der Waals surface area contributed by atoms with Gasteiger partial charge in [-0.3, -0.25) is 0 Å². The van der Waals surface area contributed by atoms with Crippen LogP contribution >= 0.6 is 15.9 Å². The zero-order chi connectivity index (χ0) is 14.7. The van der Waals surface area contributed by atoms with Gasteiger partial charge in [0, 0.05) is 11.6 Å². The highest BCUT2D eigenvalue weighted by atomic mass is 79.9. The molecule has 0 saturated heterocycles. The molecule has 0 spiro atoms. The van der Waals surface area contributed by atoms with Gasteiger partial charge in [-0.1, -0.05) is 6.07 Å². The van der Waals surface area contributed by atoms with Gasteiger partial charge in [-0.2, -0.15) is 0 Å². The number of hydrogen-bond donors (Lipinski definition) is 1. The van der Waals surface area contributed by atoms with Gasteiger partial charge in [0.05, 0.1) is 4.47 Å². The molecule has 0 amide bonds. The molecule has 1 atom stereocenters. The van der Waals surface area contributed by atoms with E-state index in [1.54, 1.807) is 25.1 Å². The lowest BCUT2D eigenvalue weighted by atomic mass is 10.1. The maximum absolute atomic E-state index is 13.2. The highest BCUT2D eigenvalue weighted by Crippen LogP contribution is 2.26. The summed E-state index contributed by atoms with van der Waals surface area (Å²) in [6.45, 7) is 2.01. The van der Waals surface area contributed by atoms with E-state index >= 15 is 0 Å². The first kappa shape index (κ1) is 14.9. The van der Waals surface area contributed by atoms with E-state index in [4.69, 9.17) is 10.5 Å². The number of benzene rings is 2. The first-order chi connectivity index (χ1) is 9.47. The fourth-order valence-corrected chi connectivity index (χ4v) is 2.22. The van der Waals surface area contributed by atoms with E-state index in [9.17, 15) is 8.78 Å². The molecule has 5 heteroatoms. The SMILES string of the molecule is C[C@H](N)c1cc(F)ccc1OCc1ccc(F)c(Br)c1. The molecule has 0 heterocycles. The average Bonchev–Trinajstić information content (AvgIpc) is 2.41. The lowest BCUT2D eigenvalue weighted by molar-refractivity contribution is 0.300. The molecule has 106 valence electrons. The van der Waals surface area contributed by atoms with Gasteiger partial charge in [0.1, 0.15) is 24.0 Å². The van der Waals surface area contributed by atoms with Gasteiger partial charge in [-0.15, -0.1) is 0 Å². The van der Waals surface area contributed by atoms with Crippen molar-refractivity contribution in [3.05, 3.63) is 63.6 Å². The highest BCUT2D eigenvalue weighted by molar-refractivity contribution is 9.10. The summed E-state index contributed by atoms with van der Waals surface area (Å²) in [4.78, 5) is 0. The predicted octanol–water partition coefficient (Wildman–Crippen LogP) is 4.33. The molecule has 2 N–H and O–H groups in total. The maximum Gasteiger partial charge on any atom is 0.137 e. The molecule has 2 aromatic carbocycles. The van der Waals surface area contributed by atoms with Gasteiger partial charge >= 0.3 is 0 Å². The van der Waals surface area contributed by atoms with Crippen LogP contribution in [-0.4, -0.2) is 0 Å². The summed E-state index contributed by atoms with van der Waals surface area (Å²) in [5.41, 5.74) is 7.20. The van der Waals surface area contributed by atoms with Crippen LogP contribution in [0.5, 0.6) is 5.75 Å². The molecule has 0 bridgehead atoms. The smallest absolute Gasteiger partial charge is 0.137 e. The monoisotopic (exact) mass is 341 g/mol. The Morgan fingerprint density at radius 3 is 2.60 bits per heavy atom. The number of halogens is 3. The number of hydrogen-bond acceptors (Lipinski definition) is 2. The van der Waals surface area contributed by atoms with E-state index in [1.165, 1.54) is 18.2 Å². The Labute approximate surface area is 124 Å². The zero-order valence-electron chi connectivity index (χ0n) is 10.9. The maximum atomic E-state index is 13.2. The van der Waals surface area contributed by atoms with Crippen molar-refractivity contribution in [2.24, 2.45) is 5.73 Å². The Morgan fingerprint density at radius 2 is 1.95 bits per heavy atom. The second kappa shape index (κ2) is 6.33. The minimum absolute atomic E-state index is 0.254. The van der Waals surface area contributed by atoms with Crippen LogP contribution in [0.2, 0.25) is 0 Å². The van der Waals surface area contributed by atoms with Crippen LogP contribution in [0.3, 0.4) is 0 Å². The van der Waals surface area contributed by atoms with Crippen molar-refractivity contribution >= 4 is 15.9 Å². The third-order valence-corrected chi connectivity index (χ3v) is 3.45. The largest absolute Gasteiger partial charge is 0.489 e. The molecule has 0 saturated carbocycles. The summed E-state index contributed by atoms with van der Waals surface area (Å²) in [6, 6.07) is 8.54. The summed E-state index contributed by atoms with van der Waals surface area (Å²) in [5, 5.41) is 0. The Hall–Kier alpha value is -1.46. The van der Waals surface area contributed by atoms with Gasteiger partial charge in [-0.25, -0.2) is 8.78 Å². The fourth-order valence-electron chi connectivity index (χ4n) is 1.80. The lowest BCUT2D eigenvalue weighted by Crippen LogP contribution is -2.08. The van der Waals surface area contributed by atoms with Gasteiger partial charge in [0.2, 0.25) is 0 Å². The second-order valence-corrected chi connectivity index (χ2v) is 5.36. The van der Waals surface area contributed by atoms with Crippen molar-refractivity contribution in [2.45, 2.75) is 19.6 Å². The normalized spacial score (nSPS) is 12.2. The Kier molecular flexibility index (Phi) is 4.73. The van der Waals surface area contributed by atoms with Crippen molar-refractivity contribution in [1.29, 1.82) is 0 Å². The van der Waals surface area contributed by atoms with Crippen LogP contribution in [-0.2, 0) is 6.61 Å². The van der Waals surface area contributed by atoms with E-state index in [0.29, 0.717) is 15.8 Å². The van der Waals surface area contributed by atoms with Crippen LogP contribution in [0.1, 0.15) is 24.1 Å². The van der Waals surface area contributed by atoms with E-state index < -0.39 is 0 Å². The molecule has 0 aliphatic carbocycles. The van der Waals surface area contributed by atoms with Gasteiger partial charge in [0.15, 0.2) is 0 Å². The molecular formula is C15H14BrF2NO. The fraction of sp³-hybridized carbons (Fsp3) is 0.200. The van der Waals surface area contributed by atoms with Crippen molar-refractivity contribution in [3.8, 4) is 5.75 Å². The quantitative estimate of drug-likeness (QED) is 0.898. The van der Waals surface area contributed by atoms with Crippen LogP contribution < -0.4 is 10.5 Å². The molecular weight excluding hydrogens is 328 g/mol. The summed E-state index contributed by atoms with van der Waals surface area (Å²) in [6.07, 6.45) is 0. The first-order valence-corrected chi connectivity index (χ1v) is 6.88. The van der Waals surface area contributed by atoms with Crippen molar-refractivity contribution in [2.75, 3.05) is 0 Å². The number of rotatable bonds is 4. The topological polar surface area (TPSA) is 35.2 Å². The summed E-state index contributed by atoms with van der Waals surface area (Å²) >= 11 is 3.12. The van der Waals surface area contributed by atoms with Crippen molar-refractivity contribution in [1.82, 2.24) is 0 Å². The number of nitrogens with two attached hydrogens (primary N) is 1. The summed E-state index contributed by atoms with van der Waals surface area (Å²) in [7, 11) is 0. The number of ether oxygens (including phenoxy) is 1. The van der Waals surface area contributed by atoms with Crippen molar-refractivity contribution < 1.29 is 13.5 Å². The molecule has 2 rings (SSSR count). The summed E-state index contributed by atoms with van der Waals surface area (Å²) in [5.74, 6) is -0.150. The third-order valence-electron chi connectivity index (χ3n) is 2.84. The van der Waals surface area contributed by atoms with Crippen LogP contribution in [0.15, 0.2) is 40.9 Å². The molecule has 0 unspecified atom stereocenters. The van der Waals surface area contributed by atoms with Crippen LogP contribution in [0.25, 0.3) is 0 Å². The standard InChI is InChI=1S/C15H14BrF2NO/c1-9(19)12-7-11(17)3-5-15(12)20-8-10-2-4-14(18)13(16)6-10/h2-7,9H,8,19H2,1H3/t9-/m0/s1. The zero-order valence-corrected chi connectivity index (χ0v) is 12.5. The van der Waals surface area contributed by atoms with Gasteiger partial charge < -0.3 is 10.5 Å². The molecule has 0 radical (unpaired) electrons. The minimum Gasteiger partial charge on any atom is -0.489 e. The molecule has 0 aliphatic heterocycles. The van der Waals surface area contributed by atoms with Crippen molar-refractivity contribution in [3.63, 3.8) is 0 Å². The molecule has 0 aromatic heterocycles. The van der Waals surface area contributed by atoms with Gasteiger partial charge in [-0.05, 0) is 58.7 Å². The molecule has 0 aliphatic rings. The van der Waals surface area contributed by atoms with Gasteiger partial charge in [0.25, 0.3) is 0 Å². The molecule has 2 nitrogen and oxygen atoms in total. The third kappa shape index (κ3) is 3.55. The van der Waals surface area contributed by atoms with E-state index in [0.717, 1.165) is 5.56 Å². The lowest BCUT2D eigenvalue weighted by Gasteiger charge is -2.14. The summed E-state index contributed by atoms with van der Waals surface area (Å²) < 4.78 is 32.4. The Morgan fingerprint density at radius 1 is 1.20 bits per heavy atom. The average molecular weight is 342 g/mol. The Bertz CT molecular complexity index is 617. The Balaban J connectivity index is 2.16. The molecule has 20 heavy (non-hydrogen) atoms. The van der Waals surface area contributed by atoms with Crippen LogP contribution in [0.4, 0.5) is 8.78 Å². The second-order valence-electron chi connectivity index (χ2n) is 4.51. The van der Waals surface area contributed by atoms with E-state index in [1.807, 2.05) is 0 Å². The van der Waals surface area contributed by atoms with E-state index in [2.05, 4.69) is 15.9 Å². The predicted molar refractivity (Wildman–Crippen MR) is 77.4 cm³/mol. The first-order valence-electron chi connectivity index (χ1n) is 6.09. The molecule has 0 fully saturated rings. The van der Waals surface area contributed by atoms with Crippen LogP contribution in [0, 0.1) is 11.6 Å². The molecule has 2 aromatic rings. The van der Waals surface area contributed by atoms with E-state index in [-0.39, 0.29) is 24.3 Å². The minimum atomic E-state index is -0.353. The highest BCUT2D eigenvalue weighted by Gasteiger charge is 2.10.